The van der Waals surface area contributed by atoms with Crippen molar-refractivity contribution < 1.29 is 23.9 Å². The van der Waals surface area contributed by atoms with Crippen LogP contribution in [-0.2, 0) is 15.0 Å². The van der Waals surface area contributed by atoms with Crippen LogP contribution in [-0.4, -0.2) is 35.0 Å². The van der Waals surface area contributed by atoms with E-state index in [1.807, 2.05) is 0 Å². The highest BCUT2D eigenvalue weighted by Gasteiger charge is 2.66. The summed E-state index contributed by atoms with van der Waals surface area (Å²) in [5.41, 5.74) is -1.39. The van der Waals surface area contributed by atoms with Gasteiger partial charge in [0.1, 0.15) is 11.2 Å². The lowest BCUT2D eigenvalue weighted by Gasteiger charge is -2.37. The summed E-state index contributed by atoms with van der Waals surface area (Å²) < 4.78 is 18.6. The Bertz CT molecular complexity index is 1660. The van der Waals surface area contributed by atoms with Gasteiger partial charge in [-0.1, -0.05) is 47.5 Å². The normalized spacial score (nSPS) is 22.9. The number of halogens is 3. The molecule has 42 heavy (non-hydrogen) atoms. The van der Waals surface area contributed by atoms with Gasteiger partial charge < -0.3 is 15.7 Å². The van der Waals surface area contributed by atoms with E-state index >= 15 is 4.39 Å². The van der Waals surface area contributed by atoms with Crippen LogP contribution in [0.5, 0.6) is 0 Å². The van der Waals surface area contributed by atoms with E-state index in [-0.39, 0.29) is 22.6 Å². The number of benzene rings is 3. The second-order valence-corrected chi connectivity index (χ2v) is 12.7. The predicted octanol–water partition coefficient (Wildman–Crippen LogP) is 5.91. The molecule has 0 aromatic heterocycles. The number of fused-ring (bicyclic) bond motifs is 2. The molecule has 2 aliphatic heterocycles. The molecule has 0 bridgehead atoms. The molecule has 4 N–H and O–H groups in total. The van der Waals surface area contributed by atoms with E-state index in [1.165, 1.54) is 24.3 Å². The number of nitriles is 1. The van der Waals surface area contributed by atoms with Crippen LogP contribution >= 0.6 is 35.1 Å². The molecule has 1 saturated heterocycles. The SMILES string of the molecule is CC(C)(C#N)C[C@@H]1N[C@@H](C(=O)NSc2cccc(C(=O)O)c2)[C@H](c2cccc(Cl)c2F)[C@]12C(=O)Nc1cc(Cl)ccc12. The number of rotatable bonds is 7. The lowest BCUT2D eigenvalue weighted by molar-refractivity contribution is -0.122. The number of amides is 2. The summed E-state index contributed by atoms with van der Waals surface area (Å²) in [7, 11) is 0. The van der Waals surface area contributed by atoms with Gasteiger partial charge in [-0.2, -0.15) is 5.26 Å². The van der Waals surface area contributed by atoms with E-state index in [4.69, 9.17) is 23.2 Å². The van der Waals surface area contributed by atoms with Crippen LogP contribution in [0.2, 0.25) is 10.0 Å². The van der Waals surface area contributed by atoms with Crippen LogP contribution in [0.15, 0.2) is 65.6 Å². The van der Waals surface area contributed by atoms with Gasteiger partial charge in [0.25, 0.3) is 0 Å². The maximum Gasteiger partial charge on any atom is 0.335 e. The summed E-state index contributed by atoms with van der Waals surface area (Å²) in [6, 6.07) is 15.7. The van der Waals surface area contributed by atoms with Crippen molar-refractivity contribution in [3.8, 4) is 6.07 Å². The van der Waals surface area contributed by atoms with Crippen molar-refractivity contribution in [2.45, 2.75) is 48.6 Å². The number of anilines is 1. The lowest BCUT2D eigenvalue weighted by atomic mass is 9.62. The molecule has 3 aromatic rings. The first-order valence-electron chi connectivity index (χ1n) is 12.9. The Morgan fingerprint density at radius 2 is 1.90 bits per heavy atom. The monoisotopic (exact) mass is 626 g/mol. The van der Waals surface area contributed by atoms with Crippen LogP contribution in [0.25, 0.3) is 0 Å². The highest BCUT2D eigenvalue weighted by atomic mass is 35.5. The molecule has 2 aliphatic rings. The zero-order chi connectivity index (χ0) is 30.4. The van der Waals surface area contributed by atoms with E-state index in [9.17, 15) is 24.8 Å². The molecular formula is C30H25Cl2FN4O4S. The van der Waals surface area contributed by atoms with Crippen LogP contribution < -0.4 is 15.4 Å². The molecular weight excluding hydrogens is 602 g/mol. The molecule has 0 radical (unpaired) electrons. The fourth-order valence-electron chi connectivity index (χ4n) is 5.96. The minimum Gasteiger partial charge on any atom is -0.478 e. The predicted molar refractivity (Wildman–Crippen MR) is 158 cm³/mol. The first-order valence-corrected chi connectivity index (χ1v) is 14.5. The fourth-order valence-corrected chi connectivity index (χ4v) is 6.99. The largest absolute Gasteiger partial charge is 0.478 e. The maximum absolute atomic E-state index is 15.8. The Labute approximate surface area is 255 Å². The van der Waals surface area contributed by atoms with Crippen molar-refractivity contribution >= 4 is 58.6 Å². The molecule has 3 aromatic carbocycles. The number of carboxylic acids is 1. The highest BCUT2D eigenvalue weighted by Crippen LogP contribution is 2.57. The van der Waals surface area contributed by atoms with Crippen molar-refractivity contribution in [2.75, 3.05) is 5.32 Å². The van der Waals surface area contributed by atoms with Crippen molar-refractivity contribution in [1.29, 1.82) is 5.26 Å². The minimum absolute atomic E-state index is 0.0442. The van der Waals surface area contributed by atoms with E-state index in [1.54, 1.807) is 50.2 Å². The number of carboxylic acid groups (broad SMARTS) is 1. The Hall–Kier alpha value is -3.62. The zero-order valence-electron chi connectivity index (χ0n) is 22.4. The van der Waals surface area contributed by atoms with Gasteiger partial charge in [0.05, 0.1) is 28.1 Å². The molecule has 1 fully saturated rings. The first-order chi connectivity index (χ1) is 19.9. The molecule has 0 aliphatic carbocycles. The summed E-state index contributed by atoms with van der Waals surface area (Å²) >= 11 is 13.4. The van der Waals surface area contributed by atoms with Gasteiger partial charge in [0, 0.05) is 27.6 Å². The van der Waals surface area contributed by atoms with E-state index < -0.39 is 52.4 Å². The van der Waals surface area contributed by atoms with Crippen molar-refractivity contribution in [3.63, 3.8) is 0 Å². The number of hydrogen-bond donors (Lipinski definition) is 4. The van der Waals surface area contributed by atoms with Gasteiger partial charge in [-0.05, 0) is 79.7 Å². The van der Waals surface area contributed by atoms with Gasteiger partial charge in [0.15, 0.2) is 0 Å². The third-order valence-electron chi connectivity index (χ3n) is 7.77. The Morgan fingerprint density at radius 3 is 2.62 bits per heavy atom. The highest BCUT2D eigenvalue weighted by molar-refractivity contribution is 7.98. The molecule has 0 saturated carbocycles. The third kappa shape index (κ3) is 5.11. The number of carbonyl (C=O) groups excluding carboxylic acids is 2. The van der Waals surface area contributed by atoms with Crippen LogP contribution in [0.3, 0.4) is 0 Å². The average molecular weight is 628 g/mol. The fraction of sp³-hybridized carbons (Fsp3) is 0.267. The van der Waals surface area contributed by atoms with Gasteiger partial charge in [0.2, 0.25) is 11.8 Å². The molecule has 12 heteroatoms. The Morgan fingerprint density at radius 1 is 1.17 bits per heavy atom. The maximum atomic E-state index is 15.8. The summed E-state index contributed by atoms with van der Waals surface area (Å²) in [5.74, 6) is -4.01. The van der Waals surface area contributed by atoms with Gasteiger partial charge in [-0.15, -0.1) is 0 Å². The summed E-state index contributed by atoms with van der Waals surface area (Å²) in [4.78, 5) is 40.0. The van der Waals surface area contributed by atoms with Crippen molar-refractivity contribution in [1.82, 2.24) is 10.0 Å². The summed E-state index contributed by atoms with van der Waals surface area (Å²) in [6.07, 6.45) is 0.148. The molecule has 2 heterocycles. The second kappa shape index (κ2) is 11.2. The van der Waals surface area contributed by atoms with Gasteiger partial charge in [-0.3, -0.25) is 14.3 Å². The standard InChI is InChI=1S/C30H25Cl2FN4O4S/c1-29(2,14-34)13-22-30(19-10-9-16(31)12-21(19)35-28(30)41)23(18-7-4-8-20(32)24(18)33)25(36-22)26(38)37-42-17-6-3-5-15(11-17)27(39)40/h3-12,22-23,25,36H,13H2,1-2H3,(H,35,41)(H,37,38)(H,39,40)/t22-,23-,25+,30+/m0/s1. The average Bonchev–Trinajstić information content (AvgIpc) is 3.43. The zero-order valence-corrected chi connectivity index (χ0v) is 24.7. The number of nitrogens with one attached hydrogen (secondary N) is 3. The topological polar surface area (TPSA) is 131 Å². The molecule has 216 valence electrons. The van der Waals surface area contributed by atoms with Gasteiger partial charge in [-0.25, -0.2) is 9.18 Å². The third-order valence-corrected chi connectivity index (χ3v) is 9.09. The van der Waals surface area contributed by atoms with Crippen molar-refractivity contribution in [3.05, 3.63) is 93.2 Å². The van der Waals surface area contributed by atoms with Gasteiger partial charge >= 0.3 is 5.97 Å². The van der Waals surface area contributed by atoms with Crippen LogP contribution in [0, 0.1) is 22.6 Å². The number of nitrogens with zero attached hydrogens (tertiary/aromatic N) is 1. The number of aromatic carboxylic acids is 1. The molecule has 8 nitrogen and oxygen atoms in total. The second-order valence-electron chi connectivity index (χ2n) is 10.9. The van der Waals surface area contributed by atoms with E-state index in [0.29, 0.717) is 21.2 Å². The molecule has 1 spiro atoms. The quantitative estimate of drug-likeness (QED) is 0.240. The van der Waals surface area contributed by atoms with Crippen molar-refractivity contribution in [2.24, 2.45) is 5.41 Å². The molecule has 0 unspecified atom stereocenters. The minimum atomic E-state index is -1.52. The lowest BCUT2D eigenvalue weighted by Crippen LogP contribution is -2.50. The molecule has 5 rings (SSSR count). The Balaban J connectivity index is 1.65. The number of hydrogen-bond acceptors (Lipinski definition) is 6. The number of carbonyl (C=O) groups is 3. The Kier molecular flexibility index (Phi) is 7.98. The summed E-state index contributed by atoms with van der Waals surface area (Å²) in [6.45, 7) is 3.46. The van der Waals surface area contributed by atoms with Crippen LogP contribution in [0.4, 0.5) is 10.1 Å². The van der Waals surface area contributed by atoms with E-state index in [0.717, 1.165) is 11.9 Å². The smallest absolute Gasteiger partial charge is 0.335 e. The van der Waals surface area contributed by atoms with Crippen LogP contribution in [0.1, 0.15) is 47.7 Å². The summed E-state index contributed by atoms with van der Waals surface area (Å²) in [5, 5.41) is 25.6. The molecule has 2 amide bonds. The first kappa shape index (κ1) is 29.9. The van der Waals surface area contributed by atoms with E-state index in [2.05, 4.69) is 21.4 Å². The molecule has 4 atom stereocenters.